The lowest BCUT2D eigenvalue weighted by molar-refractivity contribution is -0.142. The molecule has 3 N–H and O–H groups in total. The number of likely N-dealkylation sites (tertiary alicyclic amines) is 1. The van der Waals surface area contributed by atoms with Gasteiger partial charge < -0.3 is 34.6 Å². The first kappa shape index (κ1) is 45.1. The normalized spacial score (nSPS) is 29.8. The van der Waals surface area contributed by atoms with Crippen molar-refractivity contribution in [1.29, 1.82) is 0 Å². The number of ether oxygens (including phenoxy) is 3. The monoisotopic (exact) mass is 894 g/mol. The largest absolute Gasteiger partial charge is 0.492 e. The van der Waals surface area contributed by atoms with Gasteiger partial charge in [-0.1, -0.05) is 39.7 Å². The lowest BCUT2D eigenvalue weighted by Gasteiger charge is -2.35. The van der Waals surface area contributed by atoms with Crippen molar-refractivity contribution < 1.29 is 46.2 Å². The van der Waals surface area contributed by atoms with Crippen molar-refractivity contribution in [2.75, 3.05) is 32.8 Å². The summed E-state index contributed by atoms with van der Waals surface area (Å²) < 4.78 is 61.5. The van der Waals surface area contributed by atoms with Crippen LogP contribution >= 0.6 is 0 Å². The van der Waals surface area contributed by atoms with Crippen LogP contribution in [0.15, 0.2) is 30.9 Å². The van der Waals surface area contributed by atoms with Gasteiger partial charge in [-0.25, -0.2) is 22.6 Å². The first-order valence-electron chi connectivity index (χ1n) is 22.8. The van der Waals surface area contributed by atoms with Gasteiger partial charge in [0, 0.05) is 30.3 Å². The molecule has 6 aliphatic rings. The van der Waals surface area contributed by atoms with Crippen molar-refractivity contribution in [3.05, 3.63) is 42.2 Å². The molecular formula is C46H63FN6O9S. The molecule has 2 aromatic rings. The van der Waals surface area contributed by atoms with Gasteiger partial charge in [-0.3, -0.25) is 19.1 Å². The Labute approximate surface area is 369 Å². The maximum Gasteiger partial charge on any atom is 0.408 e. The second kappa shape index (κ2) is 17.5. The molecule has 0 unspecified atom stereocenters. The van der Waals surface area contributed by atoms with E-state index in [0.717, 1.165) is 63.7 Å². The number of fused-ring (bicyclic) bond motifs is 5. The van der Waals surface area contributed by atoms with Crippen LogP contribution in [0.1, 0.15) is 110 Å². The van der Waals surface area contributed by atoms with Crippen LogP contribution in [-0.2, 0) is 35.6 Å². The van der Waals surface area contributed by atoms with Crippen LogP contribution < -0.4 is 24.8 Å². The molecule has 3 saturated carbocycles. The minimum absolute atomic E-state index is 0.0379. The zero-order valence-electron chi connectivity index (χ0n) is 37.0. The number of amides is 4. The van der Waals surface area contributed by atoms with Crippen molar-refractivity contribution in [2.24, 2.45) is 17.3 Å². The van der Waals surface area contributed by atoms with Crippen LogP contribution in [0.5, 0.6) is 11.6 Å². The van der Waals surface area contributed by atoms with Crippen LogP contribution in [0.2, 0.25) is 0 Å². The molecule has 5 fully saturated rings. The number of nitrogens with one attached hydrogen (secondary N) is 3. The predicted octanol–water partition coefficient (Wildman–Crippen LogP) is 5.29. The topological polar surface area (TPSA) is 186 Å². The summed E-state index contributed by atoms with van der Waals surface area (Å²) in [5.41, 5.74) is -1.38. The van der Waals surface area contributed by atoms with Gasteiger partial charge in [-0.2, -0.15) is 0 Å². The smallest absolute Gasteiger partial charge is 0.408 e. The summed E-state index contributed by atoms with van der Waals surface area (Å²) in [5, 5.41) is 6.30. The van der Waals surface area contributed by atoms with Crippen molar-refractivity contribution >= 4 is 44.7 Å². The van der Waals surface area contributed by atoms with E-state index in [1.807, 2.05) is 0 Å². The molecule has 3 aliphatic carbocycles. The van der Waals surface area contributed by atoms with E-state index in [2.05, 4.69) is 26.8 Å². The Morgan fingerprint density at radius 2 is 1.86 bits per heavy atom. The number of aromatic nitrogens is 1. The highest BCUT2D eigenvalue weighted by Crippen LogP contribution is 2.47. The lowest BCUT2D eigenvalue weighted by atomic mass is 9.85. The maximum absolute atomic E-state index is 14.9. The maximum atomic E-state index is 14.9. The van der Waals surface area contributed by atoms with E-state index in [4.69, 9.17) is 19.2 Å². The summed E-state index contributed by atoms with van der Waals surface area (Å²) in [6, 6.07) is 2.07. The molecular weight excluding hydrogens is 832 g/mol. The van der Waals surface area contributed by atoms with Crippen LogP contribution in [0.25, 0.3) is 10.9 Å². The van der Waals surface area contributed by atoms with Gasteiger partial charge in [-0.15, -0.1) is 6.58 Å². The van der Waals surface area contributed by atoms with E-state index >= 15 is 0 Å². The Bertz CT molecular complexity index is 2240. The molecule has 344 valence electrons. The van der Waals surface area contributed by atoms with Gasteiger partial charge in [0.1, 0.15) is 41.4 Å². The molecule has 1 aromatic heterocycles. The molecule has 4 heterocycles. The van der Waals surface area contributed by atoms with Crippen LogP contribution in [0.3, 0.4) is 0 Å². The van der Waals surface area contributed by atoms with E-state index in [-0.39, 0.29) is 37.3 Å². The number of nitrogens with zero attached hydrogens (tertiary/aromatic N) is 3. The number of pyridine rings is 1. The number of sulfonamides is 1. The van der Waals surface area contributed by atoms with Gasteiger partial charge in [0.2, 0.25) is 27.7 Å². The fourth-order valence-corrected chi connectivity index (χ4v) is 10.8. The highest BCUT2D eigenvalue weighted by atomic mass is 32.2. The third kappa shape index (κ3) is 9.64. The Morgan fingerprint density at radius 1 is 1.10 bits per heavy atom. The summed E-state index contributed by atoms with van der Waals surface area (Å²) in [7, 11) is -4.04. The zero-order valence-corrected chi connectivity index (χ0v) is 37.8. The number of rotatable bonds is 11. The van der Waals surface area contributed by atoms with Crippen LogP contribution in [-0.4, -0.2) is 114 Å². The van der Waals surface area contributed by atoms with Crippen molar-refractivity contribution in [3.8, 4) is 11.6 Å². The average Bonchev–Trinajstić information content (AvgIpc) is 4.17. The molecule has 8 rings (SSSR count). The molecule has 3 aliphatic heterocycles. The van der Waals surface area contributed by atoms with Gasteiger partial charge in [-0.05, 0) is 108 Å². The summed E-state index contributed by atoms with van der Waals surface area (Å²) in [6.45, 7) is 14.2. The van der Waals surface area contributed by atoms with Crippen LogP contribution in [0, 0.1) is 23.1 Å². The first-order valence-corrected chi connectivity index (χ1v) is 24.3. The molecule has 4 amide bonds. The number of carbonyl (C=O) groups is 4. The van der Waals surface area contributed by atoms with Crippen molar-refractivity contribution in [2.45, 2.75) is 146 Å². The van der Waals surface area contributed by atoms with E-state index in [9.17, 15) is 32.0 Å². The molecule has 0 spiro atoms. The number of halogens is 1. The fourth-order valence-electron chi connectivity index (χ4n) is 9.49. The molecule has 15 nitrogen and oxygen atoms in total. The summed E-state index contributed by atoms with van der Waals surface area (Å²) >= 11 is 0. The molecule has 2 saturated heterocycles. The van der Waals surface area contributed by atoms with Gasteiger partial charge >= 0.3 is 6.09 Å². The average molecular weight is 895 g/mol. The molecule has 63 heavy (non-hydrogen) atoms. The quantitative estimate of drug-likeness (QED) is 0.197. The van der Waals surface area contributed by atoms with E-state index in [1.54, 1.807) is 33.8 Å². The second-order valence-corrected chi connectivity index (χ2v) is 22.2. The Balaban J connectivity index is 1.13. The number of hydrogen-bond acceptors (Lipinski definition) is 11. The van der Waals surface area contributed by atoms with Gasteiger partial charge in [0.05, 0.1) is 29.0 Å². The number of alkyl carbamates (subject to hydrolysis) is 1. The zero-order chi connectivity index (χ0) is 44.9. The Morgan fingerprint density at radius 3 is 2.56 bits per heavy atom. The highest BCUT2D eigenvalue weighted by Gasteiger charge is 2.63. The third-order valence-corrected chi connectivity index (χ3v) is 16.2. The second-order valence-electron chi connectivity index (χ2n) is 20.0. The van der Waals surface area contributed by atoms with E-state index in [0.29, 0.717) is 42.5 Å². The molecule has 1 aromatic carbocycles. The molecule has 2 bridgehead atoms. The summed E-state index contributed by atoms with van der Waals surface area (Å²) in [4.78, 5) is 65.3. The highest BCUT2D eigenvalue weighted by molar-refractivity contribution is 7.91. The molecule has 0 radical (unpaired) electrons. The van der Waals surface area contributed by atoms with Crippen molar-refractivity contribution in [3.63, 3.8) is 0 Å². The number of carbonyl (C=O) groups excluding carboxylic acids is 4. The first-order chi connectivity index (χ1) is 29.9. The van der Waals surface area contributed by atoms with Gasteiger partial charge in [0.15, 0.2) is 0 Å². The predicted molar refractivity (Wildman–Crippen MR) is 233 cm³/mol. The Hall–Kier alpha value is -4.51. The lowest BCUT2D eigenvalue weighted by Crippen LogP contribution is -2.60. The Kier molecular flexibility index (Phi) is 12.5. The minimum Gasteiger partial charge on any atom is -0.492 e. The fraction of sp³-hybridized carbons (Fsp3) is 0.674. The number of benzene rings is 1. The standard InChI is InChI=1S/C46H63FN6O9S/c1-6-29-26-46(29,42(56)51-63(58,59)45(5)17-18-45)50-39(54)35-25-31-27-53(35)41(55)38(44(2,3)4)49-43(57)62-36-23-28(36)13-8-7-9-14-33-37(60-22-12-21-52-19-10-11-20-52)32-16-15-30(47)24-34(32)48-40(33)61-31/h6,15-16,24,28-29,31,35-36,38H,1,7-14,17-23,25-27H2,2-5H3,(H,49,57)(H,50,54)(H,51,56)/t28-,29-,31-,35+,36-,38-,46-/m1/s1. The van der Waals surface area contributed by atoms with Crippen molar-refractivity contribution in [1.82, 2.24) is 30.1 Å². The van der Waals surface area contributed by atoms with Crippen LogP contribution in [0.4, 0.5) is 9.18 Å². The summed E-state index contributed by atoms with van der Waals surface area (Å²) in [6.07, 6.45) is 8.49. The SMILES string of the molecule is C=C[C@@H]1C[C@]1(NC(=O)[C@@H]1C[C@@H]2CN1C(=O)[C@H](C(C)(C)C)NC(=O)O[C@@H]1C[C@H]1CCCCCc1c(nc3cc(F)ccc3c1OCCCN1CCCC1)O2)C(=O)NS(=O)(=O)C1(C)CC1. The van der Waals surface area contributed by atoms with E-state index in [1.165, 1.54) is 36.0 Å². The van der Waals surface area contributed by atoms with E-state index < -0.39 is 79.5 Å². The number of hydrogen-bond donors (Lipinski definition) is 3. The minimum atomic E-state index is -4.04. The summed E-state index contributed by atoms with van der Waals surface area (Å²) in [5.74, 6) is -2.15. The molecule has 7 atom stereocenters. The third-order valence-electron chi connectivity index (χ3n) is 14.0. The molecule has 17 heteroatoms. The van der Waals surface area contributed by atoms with Gasteiger partial charge in [0.25, 0.3) is 5.91 Å².